The van der Waals surface area contributed by atoms with Gasteiger partial charge < -0.3 is 0 Å². The lowest BCUT2D eigenvalue weighted by Crippen LogP contribution is -2.42. The van der Waals surface area contributed by atoms with Gasteiger partial charge in [0, 0.05) is 16.1 Å². The normalized spacial score (nSPS) is 10.2. The molecule has 2 amide bonds. The van der Waals surface area contributed by atoms with E-state index in [0.717, 1.165) is 0 Å². The molecule has 0 aromatic heterocycles. The van der Waals surface area contributed by atoms with Crippen LogP contribution in [0.5, 0.6) is 0 Å². The Kier molecular flexibility index (Phi) is 6.09. The maximum Gasteiger partial charge on any atom is 0.271 e. The van der Waals surface area contributed by atoms with Crippen molar-refractivity contribution in [3.63, 3.8) is 0 Å². The molecule has 0 spiro atoms. The maximum absolute atomic E-state index is 12.7. The number of nitrogens with one attached hydrogen (secondary N) is 2. The fourth-order valence-corrected chi connectivity index (χ4v) is 2.92. The highest BCUT2D eigenvalue weighted by atomic mass is 35.5. The van der Waals surface area contributed by atoms with Gasteiger partial charge >= 0.3 is 0 Å². The first-order valence-electron chi connectivity index (χ1n) is 8.22. The van der Waals surface area contributed by atoms with Crippen molar-refractivity contribution < 1.29 is 14.4 Å². The van der Waals surface area contributed by atoms with Crippen LogP contribution < -0.4 is 10.9 Å². The average Bonchev–Trinajstić information content (AvgIpc) is 2.73. The summed E-state index contributed by atoms with van der Waals surface area (Å²) in [5.41, 5.74) is 5.50. The first kappa shape index (κ1) is 19.6. The predicted molar refractivity (Wildman–Crippen MR) is 108 cm³/mol. The highest BCUT2D eigenvalue weighted by Crippen LogP contribution is 2.20. The van der Waals surface area contributed by atoms with Gasteiger partial charge in [-0.3, -0.25) is 25.2 Å². The number of amides is 2. The Bertz CT molecular complexity index is 1050. The number of hydrazine groups is 1. The third-order valence-electron chi connectivity index (χ3n) is 3.91. The Morgan fingerprint density at radius 2 is 1.21 bits per heavy atom. The van der Waals surface area contributed by atoms with E-state index in [1.54, 1.807) is 54.6 Å². The van der Waals surface area contributed by atoms with Gasteiger partial charge in [0.05, 0.1) is 16.1 Å². The summed E-state index contributed by atoms with van der Waals surface area (Å²) in [6.45, 7) is 0. The van der Waals surface area contributed by atoms with E-state index in [-0.39, 0.29) is 27.5 Å². The SMILES string of the molecule is O=C(NNC(=O)c1ccccc1C(=O)c1ccccc1)c1cc(Cl)ccc1Cl. The van der Waals surface area contributed by atoms with Gasteiger partial charge in [0.1, 0.15) is 0 Å². The summed E-state index contributed by atoms with van der Waals surface area (Å²) < 4.78 is 0. The smallest absolute Gasteiger partial charge is 0.271 e. The summed E-state index contributed by atoms with van der Waals surface area (Å²) in [6.07, 6.45) is 0. The van der Waals surface area contributed by atoms with Gasteiger partial charge in [-0.25, -0.2) is 0 Å². The predicted octanol–water partition coefficient (Wildman–Crippen LogP) is 4.30. The van der Waals surface area contributed by atoms with Crippen molar-refractivity contribution >= 4 is 40.8 Å². The monoisotopic (exact) mass is 412 g/mol. The number of ketones is 1. The Balaban J connectivity index is 1.77. The summed E-state index contributed by atoms with van der Waals surface area (Å²) >= 11 is 11.9. The molecular formula is C21H14Cl2N2O3. The minimum absolute atomic E-state index is 0.114. The van der Waals surface area contributed by atoms with Crippen molar-refractivity contribution in [3.05, 3.63) is 105 Å². The molecule has 0 heterocycles. The van der Waals surface area contributed by atoms with Crippen LogP contribution in [-0.4, -0.2) is 17.6 Å². The molecule has 0 unspecified atom stereocenters. The molecule has 0 fully saturated rings. The summed E-state index contributed by atoms with van der Waals surface area (Å²) in [6, 6.07) is 19.4. The highest BCUT2D eigenvalue weighted by Gasteiger charge is 2.19. The zero-order valence-electron chi connectivity index (χ0n) is 14.4. The Hall–Kier alpha value is -3.15. The van der Waals surface area contributed by atoms with Crippen LogP contribution in [0.3, 0.4) is 0 Å². The second-order valence-corrected chi connectivity index (χ2v) is 6.62. The van der Waals surface area contributed by atoms with Crippen LogP contribution in [0.4, 0.5) is 0 Å². The fourth-order valence-electron chi connectivity index (χ4n) is 2.54. The molecule has 28 heavy (non-hydrogen) atoms. The Morgan fingerprint density at radius 3 is 1.89 bits per heavy atom. The lowest BCUT2D eigenvalue weighted by Gasteiger charge is -2.11. The fraction of sp³-hybridized carbons (Fsp3) is 0. The molecule has 0 aliphatic heterocycles. The highest BCUT2D eigenvalue weighted by molar-refractivity contribution is 6.35. The summed E-state index contributed by atoms with van der Waals surface area (Å²) in [5.74, 6) is -1.56. The minimum Gasteiger partial charge on any atom is -0.289 e. The van der Waals surface area contributed by atoms with E-state index < -0.39 is 11.8 Å². The van der Waals surface area contributed by atoms with E-state index in [1.165, 1.54) is 18.2 Å². The van der Waals surface area contributed by atoms with Gasteiger partial charge in [-0.15, -0.1) is 0 Å². The van der Waals surface area contributed by atoms with E-state index in [0.29, 0.717) is 10.6 Å². The summed E-state index contributed by atoms with van der Waals surface area (Å²) in [7, 11) is 0. The Labute approximate surface area is 171 Å². The molecule has 5 nitrogen and oxygen atoms in total. The van der Waals surface area contributed by atoms with Crippen molar-refractivity contribution in [1.82, 2.24) is 10.9 Å². The molecule has 3 rings (SSSR count). The zero-order valence-corrected chi connectivity index (χ0v) is 15.9. The van der Waals surface area contributed by atoms with Crippen LogP contribution in [0.2, 0.25) is 10.0 Å². The van der Waals surface area contributed by atoms with Crippen molar-refractivity contribution in [2.24, 2.45) is 0 Å². The first-order chi connectivity index (χ1) is 13.5. The number of rotatable bonds is 4. The maximum atomic E-state index is 12.7. The minimum atomic E-state index is -0.633. The van der Waals surface area contributed by atoms with E-state index in [1.807, 2.05) is 0 Å². The van der Waals surface area contributed by atoms with Crippen LogP contribution >= 0.6 is 23.2 Å². The van der Waals surface area contributed by atoms with Gasteiger partial charge in [-0.2, -0.15) is 0 Å². The number of benzene rings is 3. The standard InChI is InChI=1S/C21H14Cl2N2O3/c22-14-10-11-18(23)17(12-14)21(28)25-24-20(27)16-9-5-4-8-15(16)19(26)13-6-2-1-3-7-13/h1-12H,(H,24,27)(H,25,28). The van der Waals surface area contributed by atoms with Crippen LogP contribution in [-0.2, 0) is 0 Å². The number of halogens is 2. The molecule has 0 aliphatic rings. The molecule has 140 valence electrons. The second-order valence-electron chi connectivity index (χ2n) is 5.77. The molecular weight excluding hydrogens is 399 g/mol. The van der Waals surface area contributed by atoms with Gasteiger partial charge in [0.25, 0.3) is 11.8 Å². The lowest BCUT2D eigenvalue weighted by molar-refractivity contribution is 0.0845. The number of carbonyl (C=O) groups is 3. The average molecular weight is 413 g/mol. The van der Waals surface area contributed by atoms with Crippen LogP contribution in [0.15, 0.2) is 72.8 Å². The Morgan fingerprint density at radius 1 is 0.643 bits per heavy atom. The van der Waals surface area contributed by atoms with Gasteiger partial charge in [-0.05, 0) is 24.3 Å². The molecule has 0 atom stereocenters. The van der Waals surface area contributed by atoms with Crippen molar-refractivity contribution in [2.75, 3.05) is 0 Å². The van der Waals surface area contributed by atoms with Gasteiger partial charge in [0.2, 0.25) is 0 Å². The van der Waals surface area contributed by atoms with Gasteiger partial charge in [-0.1, -0.05) is 71.7 Å². The van der Waals surface area contributed by atoms with Crippen LogP contribution in [0.25, 0.3) is 0 Å². The van der Waals surface area contributed by atoms with E-state index in [2.05, 4.69) is 10.9 Å². The lowest BCUT2D eigenvalue weighted by atomic mass is 9.98. The molecule has 7 heteroatoms. The second kappa shape index (κ2) is 8.69. The molecule has 3 aromatic carbocycles. The van der Waals surface area contributed by atoms with Crippen molar-refractivity contribution in [3.8, 4) is 0 Å². The van der Waals surface area contributed by atoms with E-state index in [4.69, 9.17) is 23.2 Å². The van der Waals surface area contributed by atoms with Crippen molar-refractivity contribution in [2.45, 2.75) is 0 Å². The molecule has 0 saturated heterocycles. The zero-order chi connectivity index (χ0) is 20.1. The number of carbonyl (C=O) groups excluding carboxylic acids is 3. The third kappa shape index (κ3) is 4.39. The van der Waals surface area contributed by atoms with Crippen molar-refractivity contribution in [1.29, 1.82) is 0 Å². The molecule has 0 radical (unpaired) electrons. The quantitative estimate of drug-likeness (QED) is 0.495. The molecule has 0 saturated carbocycles. The van der Waals surface area contributed by atoms with Crippen LogP contribution in [0.1, 0.15) is 36.6 Å². The molecule has 3 aromatic rings. The summed E-state index contributed by atoms with van der Waals surface area (Å²) in [5, 5.41) is 0.524. The van der Waals surface area contributed by atoms with E-state index >= 15 is 0 Å². The topological polar surface area (TPSA) is 75.3 Å². The third-order valence-corrected chi connectivity index (χ3v) is 4.48. The molecule has 0 bridgehead atoms. The summed E-state index contributed by atoms with van der Waals surface area (Å²) in [4.78, 5) is 37.5. The first-order valence-corrected chi connectivity index (χ1v) is 8.97. The molecule has 0 aliphatic carbocycles. The van der Waals surface area contributed by atoms with Crippen LogP contribution in [0, 0.1) is 0 Å². The largest absolute Gasteiger partial charge is 0.289 e. The van der Waals surface area contributed by atoms with E-state index in [9.17, 15) is 14.4 Å². The number of hydrogen-bond donors (Lipinski definition) is 2. The van der Waals surface area contributed by atoms with Gasteiger partial charge in [0.15, 0.2) is 5.78 Å². The molecule has 2 N–H and O–H groups in total. The number of hydrogen-bond acceptors (Lipinski definition) is 3.